The number of nitrogens with two attached hydrogens (primary N) is 1. The summed E-state index contributed by atoms with van der Waals surface area (Å²) in [6.07, 6.45) is 5.04. The molecule has 2 aromatic rings. The molecule has 2 unspecified atom stereocenters. The number of piperidine rings is 1. The molecule has 178 valence electrons. The van der Waals surface area contributed by atoms with Gasteiger partial charge in [-0.1, -0.05) is 63.9 Å². The first kappa shape index (κ1) is 25.0. The number of amides is 2. The number of rotatable bonds is 9. The lowest BCUT2D eigenvalue weighted by Crippen LogP contribution is -2.38. The summed E-state index contributed by atoms with van der Waals surface area (Å²) in [5, 5.41) is 3.01. The number of benzene rings is 2. The van der Waals surface area contributed by atoms with Gasteiger partial charge in [-0.3, -0.25) is 9.59 Å². The molecule has 1 aliphatic rings. The van der Waals surface area contributed by atoms with Crippen molar-refractivity contribution >= 4 is 17.5 Å². The van der Waals surface area contributed by atoms with Crippen LogP contribution in [0.25, 0.3) is 0 Å². The summed E-state index contributed by atoms with van der Waals surface area (Å²) in [6.45, 7) is 8.37. The van der Waals surface area contributed by atoms with Crippen molar-refractivity contribution in [1.29, 1.82) is 0 Å². The molecule has 3 N–H and O–H groups in total. The number of nitrogens with zero attached hydrogens (tertiary/aromatic N) is 1. The second-order valence-electron chi connectivity index (χ2n) is 9.62. The van der Waals surface area contributed by atoms with Gasteiger partial charge in [-0.2, -0.15) is 0 Å². The standard InChI is InChI=1S/C28H39N3O2/c1-4-7-20(2)16-21(3)27(32)30-26-11-6-10-25(18-26)28(33)31-14-12-23(13-15-31)24-9-5-8-22(17-24)19-29/h5-6,8-11,17-18,20-21,23H,4,7,12-16,19,29H2,1-3H3,(H,30,32). The van der Waals surface area contributed by atoms with Gasteiger partial charge >= 0.3 is 0 Å². The fourth-order valence-electron chi connectivity index (χ4n) is 4.89. The molecule has 0 radical (unpaired) electrons. The number of anilines is 1. The molecule has 5 heteroatoms. The lowest BCUT2D eigenvalue weighted by molar-refractivity contribution is -0.119. The highest BCUT2D eigenvalue weighted by Gasteiger charge is 2.25. The Bertz CT molecular complexity index is 934. The number of hydrogen-bond donors (Lipinski definition) is 2. The van der Waals surface area contributed by atoms with Crippen LogP contribution < -0.4 is 11.1 Å². The maximum atomic E-state index is 13.1. The molecule has 3 rings (SSSR count). The van der Waals surface area contributed by atoms with E-state index in [1.807, 2.05) is 30.0 Å². The van der Waals surface area contributed by atoms with Crippen LogP contribution in [0.4, 0.5) is 5.69 Å². The van der Waals surface area contributed by atoms with Crippen molar-refractivity contribution in [3.63, 3.8) is 0 Å². The highest BCUT2D eigenvalue weighted by Crippen LogP contribution is 2.29. The van der Waals surface area contributed by atoms with Gasteiger partial charge in [0.15, 0.2) is 0 Å². The Kier molecular flexibility index (Phi) is 9.07. The molecule has 0 aromatic heterocycles. The molecule has 1 saturated heterocycles. The van der Waals surface area contributed by atoms with Crippen LogP contribution >= 0.6 is 0 Å². The van der Waals surface area contributed by atoms with E-state index in [9.17, 15) is 9.59 Å². The summed E-state index contributed by atoms with van der Waals surface area (Å²) in [4.78, 5) is 27.7. The summed E-state index contributed by atoms with van der Waals surface area (Å²) < 4.78 is 0. The second kappa shape index (κ2) is 12.0. The quantitative estimate of drug-likeness (QED) is 0.526. The van der Waals surface area contributed by atoms with Gasteiger partial charge in [-0.15, -0.1) is 0 Å². The van der Waals surface area contributed by atoms with Crippen molar-refractivity contribution in [2.45, 2.75) is 65.3 Å². The molecule has 0 bridgehead atoms. The van der Waals surface area contributed by atoms with E-state index in [1.165, 1.54) is 5.56 Å². The van der Waals surface area contributed by atoms with Crippen LogP contribution in [0, 0.1) is 11.8 Å². The summed E-state index contributed by atoms with van der Waals surface area (Å²) in [5.41, 5.74) is 9.57. The van der Waals surface area contributed by atoms with E-state index in [0.717, 1.165) is 50.8 Å². The summed E-state index contributed by atoms with van der Waals surface area (Å²) in [6, 6.07) is 15.8. The molecule has 33 heavy (non-hydrogen) atoms. The molecule has 2 amide bonds. The maximum absolute atomic E-state index is 13.1. The Balaban J connectivity index is 1.57. The van der Waals surface area contributed by atoms with Gasteiger partial charge in [-0.05, 0) is 60.4 Å². The van der Waals surface area contributed by atoms with Crippen LogP contribution in [0.15, 0.2) is 48.5 Å². The fraction of sp³-hybridized carbons (Fsp3) is 0.500. The zero-order valence-corrected chi connectivity index (χ0v) is 20.3. The largest absolute Gasteiger partial charge is 0.339 e. The van der Waals surface area contributed by atoms with Crippen LogP contribution in [-0.2, 0) is 11.3 Å². The normalized spacial score (nSPS) is 16.3. The third-order valence-corrected chi connectivity index (χ3v) is 6.80. The Morgan fingerprint density at radius 1 is 1.09 bits per heavy atom. The first-order valence-corrected chi connectivity index (χ1v) is 12.4. The van der Waals surface area contributed by atoms with E-state index in [-0.39, 0.29) is 17.7 Å². The van der Waals surface area contributed by atoms with Gasteiger partial charge in [0, 0.05) is 36.8 Å². The molecule has 1 heterocycles. The predicted molar refractivity (Wildman–Crippen MR) is 135 cm³/mol. The van der Waals surface area contributed by atoms with Gasteiger partial charge in [0.2, 0.25) is 5.91 Å². The molecular weight excluding hydrogens is 410 g/mol. The van der Waals surface area contributed by atoms with E-state index in [1.54, 1.807) is 6.07 Å². The predicted octanol–water partition coefficient (Wildman–Crippen LogP) is 5.57. The van der Waals surface area contributed by atoms with Crippen molar-refractivity contribution in [1.82, 2.24) is 4.90 Å². The van der Waals surface area contributed by atoms with Crippen LogP contribution in [-0.4, -0.2) is 29.8 Å². The monoisotopic (exact) mass is 449 g/mol. The summed E-state index contributed by atoms with van der Waals surface area (Å²) >= 11 is 0. The molecule has 1 fully saturated rings. The first-order valence-electron chi connectivity index (χ1n) is 12.4. The number of likely N-dealkylation sites (tertiary alicyclic amines) is 1. The third-order valence-electron chi connectivity index (χ3n) is 6.80. The Labute approximate surface area is 198 Å². The van der Waals surface area contributed by atoms with Crippen LogP contribution in [0.1, 0.15) is 80.3 Å². The van der Waals surface area contributed by atoms with Gasteiger partial charge in [0.1, 0.15) is 0 Å². The van der Waals surface area contributed by atoms with E-state index in [2.05, 4.69) is 43.4 Å². The zero-order valence-electron chi connectivity index (χ0n) is 20.3. The lowest BCUT2D eigenvalue weighted by atomic mass is 9.88. The SMILES string of the molecule is CCCC(C)CC(C)C(=O)Nc1cccc(C(=O)N2CCC(c3cccc(CN)c3)CC2)c1. The molecular formula is C28H39N3O2. The first-order chi connectivity index (χ1) is 15.9. The van der Waals surface area contributed by atoms with E-state index in [4.69, 9.17) is 5.73 Å². The van der Waals surface area contributed by atoms with Gasteiger partial charge in [0.05, 0.1) is 0 Å². The number of carbonyl (C=O) groups excluding carboxylic acids is 2. The minimum atomic E-state index is -0.0530. The van der Waals surface area contributed by atoms with E-state index < -0.39 is 0 Å². The van der Waals surface area contributed by atoms with E-state index >= 15 is 0 Å². The third kappa shape index (κ3) is 6.91. The van der Waals surface area contributed by atoms with Crippen LogP contribution in [0.2, 0.25) is 0 Å². The molecule has 5 nitrogen and oxygen atoms in total. The molecule has 2 aromatic carbocycles. The average molecular weight is 450 g/mol. The van der Waals surface area contributed by atoms with Crippen molar-refractivity contribution in [2.24, 2.45) is 17.6 Å². The van der Waals surface area contributed by atoms with E-state index in [0.29, 0.717) is 29.6 Å². The highest BCUT2D eigenvalue weighted by molar-refractivity contribution is 5.97. The molecule has 1 aliphatic heterocycles. The number of nitrogens with one attached hydrogen (secondary N) is 1. The average Bonchev–Trinajstić information content (AvgIpc) is 2.84. The molecule has 0 spiro atoms. The van der Waals surface area contributed by atoms with Crippen molar-refractivity contribution in [3.05, 3.63) is 65.2 Å². The second-order valence-corrected chi connectivity index (χ2v) is 9.62. The van der Waals surface area contributed by atoms with Crippen LogP contribution in [0.5, 0.6) is 0 Å². The van der Waals surface area contributed by atoms with Gasteiger partial charge < -0.3 is 16.0 Å². The van der Waals surface area contributed by atoms with Crippen molar-refractivity contribution in [3.8, 4) is 0 Å². The fourth-order valence-corrected chi connectivity index (χ4v) is 4.89. The zero-order chi connectivity index (χ0) is 23.8. The van der Waals surface area contributed by atoms with Crippen LogP contribution in [0.3, 0.4) is 0 Å². The van der Waals surface area contributed by atoms with Gasteiger partial charge in [0.25, 0.3) is 5.91 Å². The summed E-state index contributed by atoms with van der Waals surface area (Å²) in [5.74, 6) is 0.989. The minimum Gasteiger partial charge on any atom is -0.339 e. The lowest BCUT2D eigenvalue weighted by Gasteiger charge is -2.32. The number of hydrogen-bond acceptors (Lipinski definition) is 3. The summed E-state index contributed by atoms with van der Waals surface area (Å²) in [7, 11) is 0. The number of carbonyl (C=O) groups is 2. The maximum Gasteiger partial charge on any atom is 0.253 e. The molecule has 0 saturated carbocycles. The Hall–Kier alpha value is -2.66. The van der Waals surface area contributed by atoms with Crippen molar-refractivity contribution in [2.75, 3.05) is 18.4 Å². The van der Waals surface area contributed by atoms with Gasteiger partial charge in [-0.25, -0.2) is 0 Å². The topological polar surface area (TPSA) is 75.4 Å². The highest BCUT2D eigenvalue weighted by atomic mass is 16.2. The molecule has 0 aliphatic carbocycles. The minimum absolute atomic E-state index is 0.0167. The smallest absolute Gasteiger partial charge is 0.253 e. The Morgan fingerprint density at radius 2 is 1.82 bits per heavy atom. The van der Waals surface area contributed by atoms with Crippen molar-refractivity contribution < 1.29 is 9.59 Å². The Morgan fingerprint density at radius 3 is 2.52 bits per heavy atom. The molecule has 2 atom stereocenters.